The van der Waals surface area contributed by atoms with Gasteiger partial charge in [-0.3, -0.25) is 4.79 Å². The van der Waals surface area contributed by atoms with Gasteiger partial charge in [-0.2, -0.15) is 0 Å². The first-order chi connectivity index (χ1) is 14.0. The van der Waals surface area contributed by atoms with Crippen molar-refractivity contribution >= 4 is 21.6 Å². The summed E-state index contributed by atoms with van der Waals surface area (Å²) in [6, 6.07) is 15.8. The first kappa shape index (κ1) is 21.3. The fourth-order valence-corrected chi connectivity index (χ4v) is 4.75. The topological polar surface area (TPSA) is 87.7 Å². The Morgan fingerprint density at radius 2 is 1.72 bits per heavy atom. The molecular weight excluding hydrogens is 390 g/mol. The average Bonchev–Trinajstić information content (AvgIpc) is 2.75. The Labute approximate surface area is 172 Å². The Morgan fingerprint density at radius 3 is 2.41 bits per heavy atom. The quantitative estimate of drug-likeness (QED) is 0.642. The molecule has 8 heteroatoms. The van der Waals surface area contributed by atoms with Crippen LogP contribution >= 0.6 is 0 Å². The fourth-order valence-electron chi connectivity index (χ4n) is 3.43. The van der Waals surface area contributed by atoms with Crippen LogP contribution in [-0.2, 0) is 14.8 Å². The second-order valence-corrected chi connectivity index (χ2v) is 8.68. The molecule has 1 heterocycles. The van der Waals surface area contributed by atoms with E-state index in [1.807, 2.05) is 24.3 Å². The Kier molecular flexibility index (Phi) is 7.24. The predicted octanol–water partition coefficient (Wildman–Crippen LogP) is 2.01. The van der Waals surface area contributed by atoms with Crippen molar-refractivity contribution in [3.05, 3.63) is 60.2 Å². The second-order valence-electron chi connectivity index (χ2n) is 6.96. The van der Waals surface area contributed by atoms with Crippen LogP contribution in [0.25, 0.3) is 0 Å². The maximum Gasteiger partial charge on any atom is 0.253 e. The Balaban J connectivity index is 1.62. The second kappa shape index (κ2) is 9.87. The van der Waals surface area contributed by atoms with E-state index in [0.717, 1.165) is 5.69 Å². The lowest BCUT2D eigenvalue weighted by atomic mass is 10.0. The molecule has 0 bridgehead atoms. The number of nitrogens with one attached hydrogen (secondary N) is 2. The molecule has 2 N–H and O–H groups in total. The zero-order valence-corrected chi connectivity index (χ0v) is 17.3. The van der Waals surface area contributed by atoms with Crippen LogP contribution in [0.15, 0.2) is 59.5 Å². The number of para-hydroxylation sites is 1. The zero-order chi connectivity index (χ0) is 20.7. The standard InChI is InChI=1S/C21H27N3O4S/c1-28-16-13-22-21(25)19-9-5-6-10-20(19)24-14-11-17(12-15-24)23-29(26,27)18-7-3-2-4-8-18/h2-10,17,23H,11-16H2,1H3,(H,22,25). The normalized spacial score (nSPS) is 15.3. The summed E-state index contributed by atoms with van der Waals surface area (Å²) in [7, 11) is -1.93. The van der Waals surface area contributed by atoms with E-state index in [4.69, 9.17) is 4.74 Å². The van der Waals surface area contributed by atoms with Gasteiger partial charge in [0.2, 0.25) is 10.0 Å². The Bertz CT molecular complexity index is 911. The Hall–Kier alpha value is -2.42. The molecule has 1 aliphatic rings. The number of anilines is 1. The van der Waals surface area contributed by atoms with E-state index in [1.54, 1.807) is 37.4 Å². The molecule has 0 unspecified atom stereocenters. The molecule has 7 nitrogen and oxygen atoms in total. The molecule has 29 heavy (non-hydrogen) atoms. The molecule has 0 aliphatic carbocycles. The number of nitrogens with zero attached hydrogens (tertiary/aromatic N) is 1. The molecule has 0 atom stereocenters. The number of carbonyl (C=O) groups excluding carboxylic acids is 1. The minimum absolute atomic E-state index is 0.126. The number of piperidine rings is 1. The molecule has 0 saturated carbocycles. The van der Waals surface area contributed by atoms with Gasteiger partial charge in [0, 0.05) is 38.5 Å². The van der Waals surface area contributed by atoms with Crippen molar-refractivity contribution in [3.8, 4) is 0 Å². The minimum Gasteiger partial charge on any atom is -0.383 e. The third-order valence-electron chi connectivity index (χ3n) is 4.95. The largest absolute Gasteiger partial charge is 0.383 e. The highest BCUT2D eigenvalue weighted by molar-refractivity contribution is 7.89. The average molecular weight is 418 g/mol. The number of amides is 1. The van der Waals surface area contributed by atoms with E-state index >= 15 is 0 Å². The van der Waals surface area contributed by atoms with Gasteiger partial charge in [0.15, 0.2) is 0 Å². The van der Waals surface area contributed by atoms with Crippen molar-refractivity contribution < 1.29 is 17.9 Å². The molecule has 2 aromatic carbocycles. The van der Waals surface area contributed by atoms with Gasteiger partial charge >= 0.3 is 0 Å². The van der Waals surface area contributed by atoms with E-state index in [1.165, 1.54) is 0 Å². The molecule has 156 valence electrons. The monoisotopic (exact) mass is 417 g/mol. The summed E-state index contributed by atoms with van der Waals surface area (Å²) in [4.78, 5) is 14.9. The Morgan fingerprint density at radius 1 is 1.07 bits per heavy atom. The number of benzene rings is 2. The van der Waals surface area contributed by atoms with E-state index in [0.29, 0.717) is 44.6 Å². The molecule has 1 saturated heterocycles. The summed E-state index contributed by atoms with van der Waals surface area (Å²) in [5.41, 5.74) is 1.48. The summed E-state index contributed by atoms with van der Waals surface area (Å²) in [6.07, 6.45) is 1.34. The molecule has 0 spiro atoms. The van der Waals surface area contributed by atoms with Crippen molar-refractivity contribution in [1.29, 1.82) is 0 Å². The van der Waals surface area contributed by atoms with Crippen LogP contribution in [0.5, 0.6) is 0 Å². The first-order valence-corrected chi connectivity index (χ1v) is 11.2. The van der Waals surface area contributed by atoms with Crippen molar-refractivity contribution in [3.63, 3.8) is 0 Å². The zero-order valence-electron chi connectivity index (χ0n) is 16.5. The first-order valence-electron chi connectivity index (χ1n) is 9.70. The van der Waals surface area contributed by atoms with Gasteiger partial charge < -0.3 is 15.0 Å². The number of hydrogen-bond acceptors (Lipinski definition) is 5. The number of hydrogen-bond donors (Lipinski definition) is 2. The van der Waals surface area contributed by atoms with E-state index < -0.39 is 10.0 Å². The number of carbonyl (C=O) groups is 1. The highest BCUT2D eigenvalue weighted by atomic mass is 32.2. The summed E-state index contributed by atoms with van der Waals surface area (Å²) >= 11 is 0. The molecule has 3 rings (SSSR count). The third kappa shape index (κ3) is 5.56. The summed E-state index contributed by atoms with van der Waals surface area (Å²) in [5, 5.41) is 2.86. The number of methoxy groups -OCH3 is 1. The molecule has 0 aromatic heterocycles. The van der Waals surface area contributed by atoms with Crippen LogP contribution in [0.4, 0.5) is 5.69 Å². The van der Waals surface area contributed by atoms with Crippen LogP contribution in [0.2, 0.25) is 0 Å². The van der Waals surface area contributed by atoms with Crippen LogP contribution < -0.4 is 14.9 Å². The predicted molar refractivity (Wildman–Crippen MR) is 113 cm³/mol. The SMILES string of the molecule is COCCNC(=O)c1ccccc1N1CCC(NS(=O)(=O)c2ccccc2)CC1. The number of rotatable bonds is 8. The van der Waals surface area contributed by atoms with Crippen molar-refractivity contribution in [2.45, 2.75) is 23.8 Å². The fraction of sp³-hybridized carbons (Fsp3) is 0.381. The lowest BCUT2D eigenvalue weighted by Gasteiger charge is -2.34. The smallest absolute Gasteiger partial charge is 0.253 e. The van der Waals surface area contributed by atoms with Gasteiger partial charge in [0.25, 0.3) is 5.91 Å². The van der Waals surface area contributed by atoms with Gasteiger partial charge in [-0.1, -0.05) is 30.3 Å². The van der Waals surface area contributed by atoms with Gasteiger partial charge in [-0.05, 0) is 37.1 Å². The van der Waals surface area contributed by atoms with Crippen molar-refractivity contribution in [2.24, 2.45) is 0 Å². The van der Waals surface area contributed by atoms with Gasteiger partial charge in [0.1, 0.15) is 0 Å². The van der Waals surface area contributed by atoms with Crippen molar-refractivity contribution in [2.75, 3.05) is 38.3 Å². The van der Waals surface area contributed by atoms with E-state index in [2.05, 4.69) is 14.9 Å². The molecule has 2 aromatic rings. The minimum atomic E-state index is -3.52. The van der Waals surface area contributed by atoms with Crippen LogP contribution in [0.3, 0.4) is 0 Å². The maximum absolute atomic E-state index is 12.5. The maximum atomic E-state index is 12.5. The summed E-state index contributed by atoms with van der Waals surface area (Å²) in [5.74, 6) is -0.135. The van der Waals surface area contributed by atoms with E-state index in [9.17, 15) is 13.2 Å². The summed E-state index contributed by atoms with van der Waals surface area (Å²) < 4.78 is 32.8. The van der Waals surface area contributed by atoms with Crippen LogP contribution in [-0.4, -0.2) is 53.7 Å². The summed E-state index contributed by atoms with van der Waals surface area (Å²) in [6.45, 7) is 2.25. The molecule has 1 fully saturated rings. The highest BCUT2D eigenvalue weighted by Crippen LogP contribution is 2.25. The highest BCUT2D eigenvalue weighted by Gasteiger charge is 2.26. The van der Waals surface area contributed by atoms with Crippen LogP contribution in [0, 0.1) is 0 Å². The molecule has 1 amide bonds. The number of sulfonamides is 1. The lowest BCUT2D eigenvalue weighted by molar-refractivity contribution is 0.0937. The van der Waals surface area contributed by atoms with Gasteiger partial charge in [-0.15, -0.1) is 0 Å². The molecule has 0 radical (unpaired) electrons. The lowest BCUT2D eigenvalue weighted by Crippen LogP contribution is -2.45. The molecular formula is C21H27N3O4S. The van der Waals surface area contributed by atoms with Crippen LogP contribution in [0.1, 0.15) is 23.2 Å². The van der Waals surface area contributed by atoms with Gasteiger partial charge in [-0.25, -0.2) is 13.1 Å². The van der Waals surface area contributed by atoms with Gasteiger partial charge in [0.05, 0.1) is 17.1 Å². The van der Waals surface area contributed by atoms with E-state index in [-0.39, 0.29) is 16.8 Å². The number of ether oxygens (including phenoxy) is 1. The third-order valence-corrected chi connectivity index (χ3v) is 6.49. The molecule has 1 aliphatic heterocycles. The van der Waals surface area contributed by atoms with Crippen molar-refractivity contribution in [1.82, 2.24) is 10.0 Å².